The number of hydrogen-bond acceptors (Lipinski definition) is 5. The second-order valence-corrected chi connectivity index (χ2v) is 3.92. The lowest BCUT2D eigenvalue weighted by atomic mass is 10.2. The third kappa shape index (κ3) is 2.02. The van der Waals surface area contributed by atoms with Crippen molar-refractivity contribution in [2.24, 2.45) is 11.7 Å². The van der Waals surface area contributed by atoms with E-state index in [9.17, 15) is 4.79 Å². The predicted molar refractivity (Wildman–Crippen MR) is 49.2 cm³/mol. The molecular formula is C7H10N4OS. The van der Waals surface area contributed by atoms with Crippen molar-refractivity contribution >= 4 is 22.4 Å². The number of nitrogens with zero attached hydrogens (tertiary/aromatic N) is 2. The highest BCUT2D eigenvalue weighted by molar-refractivity contribution is 7.10. The molecule has 0 spiro atoms. The van der Waals surface area contributed by atoms with Crippen LogP contribution in [0.1, 0.15) is 12.8 Å². The van der Waals surface area contributed by atoms with Crippen molar-refractivity contribution in [1.82, 2.24) is 9.59 Å². The summed E-state index contributed by atoms with van der Waals surface area (Å²) in [6, 6.07) is -0.373. The van der Waals surface area contributed by atoms with E-state index in [1.807, 2.05) is 0 Å². The van der Waals surface area contributed by atoms with Crippen molar-refractivity contribution < 1.29 is 4.79 Å². The normalized spacial score (nSPS) is 18.2. The van der Waals surface area contributed by atoms with Crippen molar-refractivity contribution in [1.29, 1.82) is 0 Å². The molecule has 13 heavy (non-hydrogen) atoms. The van der Waals surface area contributed by atoms with Crippen LogP contribution in [-0.4, -0.2) is 21.5 Å². The molecule has 1 unspecified atom stereocenters. The van der Waals surface area contributed by atoms with Crippen LogP contribution >= 0.6 is 11.5 Å². The molecular weight excluding hydrogens is 188 g/mol. The van der Waals surface area contributed by atoms with Crippen molar-refractivity contribution in [2.75, 3.05) is 5.32 Å². The van der Waals surface area contributed by atoms with Crippen LogP contribution < -0.4 is 11.1 Å². The van der Waals surface area contributed by atoms with Crippen LogP contribution in [0.2, 0.25) is 0 Å². The minimum absolute atomic E-state index is 0.131. The molecule has 1 fully saturated rings. The highest BCUT2D eigenvalue weighted by atomic mass is 32.1. The van der Waals surface area contributed by atoms with Crippen molar-refractivity contribution in [3.63, 3.8) is 0 Å². The lowest BCUT2D eigenvalue weighted by Crippen LogP contribution is -2.37. The van der Waals surface area contributed by atoms with Gasteiger partial charge in [0, 0.05) is 11.5 Å². The van der Waals surface area contributed by atoms with E-state index in [0.29, 0.717) is 10.9 Å². The molecule has 1 aromatic heterocycles. The summed E-state index contributed by atoms with van der Waals surface area (Å²) in [5, 5.41) is 6.93. The van der Waals surface area contributed by atoms with Crippen LogP contribution in [0, 0.1) is 5.92 Å². The Morgan fingerprint density at radius 1 is 1.77 bits per heavy atom. The fraction of sp³-hybridized carbons (Fsp3) is 0.571. The van der Waals surface area contributed by atoms with Gasteiger partial charge in [-0.3, -0.25) is 4.79 Å². The molecule has 0 bridgehead atoms. The van der Waals surface area contributed by atoms with Crippen molar-refractivity contribution in [2.45, 2.75) is 18.9 Å². The molecule has 6 heteroatoms. The predicted octanol–water partition coefficient (Wildman–Crippen LogP) is 0.214. The minimum atomic E-state index is -0.373. The van der Waals surface area contributed by atoms with Gasteiger partial charge in [0.25, 0.3) is 0 Å². The van der Waals surface area contributed by atoms with E-state index in [0.717, 1.165) is 24.4 Å². The number of amides is 1. The van der Waals surface area contributed by atoms with E-state index in [1.54, 1.807) is 0 Å². The monoisotopic (exact) mass is 198 g/mol. The molecule has 1 atom stereocenters. The minimum Gasteiger partial charge on any atom is -0.320 e. The maximum atomic E-state index is 11.4. The van der Waals surface area contributed by atoms with Gasteiger partial charge in [-0.2, -0.15) is 0 Å². The number of rotatable bonds is 3. The summed E-state index contributed by atoms with van der Waals surface area (Å²) in [6.07, 6.45) is 3.65. The van der Waals surface area contributed by atoms with Gasteiger partial charge in [-0.05, 0) is 18.8 Å². The molecule has 1 aliphatic carbocycles. The summed E-state index contributed by atoms with van der Waals surface area (Å²) < 4.78 is 3.63. The highest BCUT2D eigenvalue weighted by Gasteiger charge is 2.33. The van der Waals surface area contributed by atoms with Crippen LogP contribution in [0.15, 0.2) is 6.20 Å². The quantitative estimate of drug-likeness (QED) is 0.727. The second-order valence-electron chi connectivity index (χ2n) is 3.13. The number of nitrogens with one attached hydrogen (secondary N) is 1. The number of carbonyl (C=O) groups is 1. The number of anilines is 1. The molecule has 0 aromatic carbocycles. The molecule has 5 nitrogen and oxygen atoms in total. The molecule has 0 aliphatic heterocycles. The third-order valence-electron chi connectivity index (χ3n) is 2.04. The average Bonchev–Trinajstić information content (AvgIpc) is 2.85. The molecule has 3 N–H and O–H groups in total. The first-order chi connectivity index (χ1) is 6.27. The Kier molecular flexibility index (Phi) is 2.24. The molecule has 1 saturated carbocycles. The summed E-state index contributed by atoms with van der Waals surface area (Å²) in [7, 11) is 0. The van der Waals surface area contributed by atoms with Crippen LogP contribution in [0.5, 0.6) is 0 Å². The standard InChI is InChI=1S/C7H10N4OS/c8-6(4-1-2-4)7(12)10-5-3-9-11-13-5/h3-4,6H,1-2,8H2,(H,10,12). The summed E-state index contributed by atoms with van der Waals surface area (Å²) in [5.74, 6) is 0.245. The zero-order valence-electron chi connectivity index (χ0n) is 6.93. The van der Waals surface area contributed by atoms with Gasteiger partial charge in [-0.15, -0.1) is 5.10 Å². The summed E-state index contributed by atoms with van der Waals surface area (Å²) in [6.45, 7) is 0. The fourth-order valence-corrected chi connectivity index (χ4v) is 1.52. The highest BCUT2D eigenvalue weighted by Crippen LogP contribution is 2.32. The van der Waals surface area contributed by atoms with Crippen LogP contribution in [-0.2, 0) is 4.79 Å². The molecule has 0 radical (unpaired) electrons. The fourth-order valence-electron chi connectivity index (χ4n) is 1.10. The van der Waals surface area contributed by atoms with Crippen LogP contribution in [0.3, 0.4) is 0 Å². The zero-order chi connectivity index (χ0) is 9.26. The second kappa shape index (κ2) is 3.39. The lowest BCUT2D eigenvalue weighted by Gasteiger charge is -2.08. The average molecular weight is 198 g/mol. The van der Waals surface area contributed by atoms with Gasteiger partial charge in [-0.25, -0.2) is 0 Å². The first-order valence-corrected chi connectivity index (χ1v) is 4.88. The number of carbonyl (C=O) groups excluding carboxylic acids is 1. The van der Waals surface area contributed by atoms with Gasteiger partial charge in [0.2, 0.25) is 5.91 Å². The Balaban J connectivity index is 1.90. The van der Waals surface area contributed by atoms with Gasteiger partial charge < -0.3 is 11.1 Å². The summed E-state index contributed by atoms with van der Waals surface area (Å²) in [5.41, 5.74) is 5.69. The molecule has 1 aromatic rings. The van der Waals surface area contributed by atoms with Gasteiger partial charge in [0.1, 0.15) is 5.00 Å². The number of hydrogen-bond donors (Lipinski definition) is 2. The SMILES string of the molecule is NC(C(=O)Nc1cnns1)C1CC1. The van der Waals surface area contributed by atoms with Gasteiger partial charge in [0.05, 0.1) is 12.2 Å². The molecule has 1 heterocycles. The Morgan fingerprint density at radius 3 is 3.08 bits per heavy atom. The van der Waals surface area contributed by atoms with E-state index in [4.69, 9.17) is 5.73 Å². The molecule has 1 amide bonds. The number of aromatic nitrogens is 2. The lowest BCUT2D eigenvalue weighted by molar-refractivity contribution is -0.117. The van der Waals surface area contributed by atoms with Crippen LogP contribution in [0.25, 0.3) is 0 Å². The smallest absolute Gasteiger partial charge is 0.242 e. The first kappa shape index (κ1) is 8.58. The Bertz CT molecular complexity index is 295. The van der Waals surface area contributed by atoms with E-state index >= 15 is 0 Å². The topological polar surface area (TPSA) is 80.9 Å². The zero-order valence-corrected chi connectivity index (χ0v) is 7.75. The van der Waals surface area contributed by atoms with Crippen LogP contribution in [0.4, 0.5) is 5.00 Å². The van der Waals surface area contributed by atoms with E-state index in [2.05, 4.69) is 14.9 Å². The van der Waals surface area contributed by atoms with E-state index in [-0.39, 0.29) is 11.9 Å². The summed E-state index contributed by atoms with van der Waals surface area (Å²) in [4.78, 5) is 11.4. The first-order valence-electron chi connectivity index (χ1n) is 4.11. The molecule has 1 aliphatic rings. The largest absolute Gasteiger partial charge is 0.320 e. The van der Waals surface area contributed by atoms with Gasteiger partial charge in [0.15, 0.2) is 0 Å². The number of nitrogens with two attached hydrogens (primary N) is 1. The molecule has 0 saturated heterocycles. The molecule has 2 rings (SSSR count). The maximum absolute atomic E-state index is 11.4. The Labute approximate surface area is 79.5 Å². The van der Waals surface area contributed by atoms with E-state index < -0.39 is 0 Å². The summed E-state index contributed by atoms with van der Waals surface area (Å²) >= 11 is 1.15. The van der Waals surface area contributed by atoms with Gasteiger partial charge >= 0.3 is 0 Å². The Morgan fingerprint density at radius 2 is 2.54 bits per heavy atom. The Hall–Kier alpha value is -1.01. The van der Waals surface area contributed by atoms with E-state index in [1.165, 1.54) is 6.20 Å². The third-order valence-corrected chi connectivity index (χ3v) is 2.62. The van der Waals surface area contributed by atoms with Crippen molar-refractivity contribution in [3.05, 3.63) is 6.20 Å². The van der Waals surface area contributed by atoms with Gasteiger partial charge in [-0.1, -0.05) is 4.49 Å². The maximum Gasteiger partial charge on any atom is 0.242 e. The molecule has 70 valence electrons. The van der Waals surface area contributed by atoms with Crippen molar-refractivity contribution in [3.8, 4) is 0 Å².